The maximum absolute atomic E-state index is 12.4. The minimum Gasteiger partial charge on any atom is -0.355 e. The molecule has 1 saturated heterocycles. The van der Waals surface area contributed by atoms with Gasteiger partial charge in [0.15, 0.2) is 0 Å². The molecule has 1 aliphatic rings. The van der Waals surface area contributed by atoms with Crippen LogP contribution in [0.2, 0.25) is 10.0 Å². The van der Waals surface area contributed by atoms with Gasteiger partial charge < -0.3 is 5.32 Å². The van der Waals surface area contributed by atoms with Crippen molar-refractivity contribution < 1.29 is 4.79 Å². The average molecular weight is 437 g/mol. The number of rotatable bonds is 8. The van der Waals surface area contributed by atoms with Crippen molar-refractivity contribution in [1.82, 2.24) is 10.2 Å². The van der Waals surface area contributed by atoms with Crippen molar-refractivity contribution in [2.24, 2.45) is 5.92 Å². The Hall–Kier alpha value is -1.20. The van der Waals surface area contributed by atoms with E-state index in [0.29, 0.717) is 16.6 Å². The highest BCUT2D eigenvalue weighted by molar-refractivity contribution is 7.98. The van der Waals surface area contributed by atoms with Gasteiger partial charge in [-0.25, -0.2) is 0 Å². The molecule has 0 spiro atoms. The Morgan fingerprint density at radius 3 is 2.39 bits per heavy atom. The van der Waals surface area contributed by atoms with Gasteiger partial charge in [0.25, 0.3) is 0 Å². The lowest BCUT2D eigenvalue weighted by molar-refractivity contribution is -0.126. The van der Waals surface area contributed by atoms with E-state index in [4.69, 9.17) is 23.2 Å². The first-order valence-corrected chi connectivity index (χ1v) is 11.6. The second-order valence-electron chi connectivity index (χ2n) is 7.08. The molecule has 1 N–H and O–H groups in total. The van der Waals surface area contributed by atoms with Crippen LogP contribution in [0.5, 0.6) is 0 Å². The number of benzene rings is 2. The highest BCUT2D eigenvalue weighted by Gasteiger charge is 2.24. The SMILES string of the molecule is O=C(NCCSCc1c(Cl)cccc1Cl)C1CCN(Cc2ccccc2)CC1. The number of likely N-dealkylation sites (tertiary alicyclic amines) is 1. The van der Waals surface area contributed by atoms with Crippen molar-refractivity contribution in [3.05, 3.63) is 69.7 Å². The summed E-state index contributed by atoms with van der Waals surface area (Å²) in [7, 11) is 0. The van der Waals surface area contributed by atoms with E-state index in [9.17, 15) is 4.79 Å². The van der Waals surface area contributed by atoms with Crippen LogP contribution < -0.4 is 5.32 Å². The van der Waals surface area contributed by atoms with Crippen molar-refractivity contribution in [3.63, 3.8) is 0 Å². The van der Waals surface area contributed by atoms with Gasteiger partial charge in [-0.3, -0.25) is 9.69 Å². The topological polar surface area (TPSA) is 32.3 Å². The first kappa shape index (κ1) is 21.5. The fourth-order valence-electron chi connectivity index (χ4n) is 3.43. The lowest BCUT2D eigenvalue weighted by Gasteiger charge is -2.31. The standard InChI is InChI=1S/C22H26Cl2N2OS/c23-20-7-4-8-21(24)19(20)16-28-14-11-25-22(27)18-9-12-26(13-10-18)15-17-5-2-1-3-6-17/h1-8,18H,9-16H2,(H,25,27). The third-order valence-electron chi connectivity index (χ3n) is 5.06. The molecule has 0 unspecified atom stereocenters. The summed E-state index contributed by atoms with van der Waals surface area (Å²) < 4.78 is 0. The van der Waals surface area contributed by atoms with Crippen molar-refractivity contribution in [2.45, 2.75) is 25.1 Å². The van der Waals surface area contributed by atoms with Gasteiger partial charge in [0.05, 0.1) is 0 Å². The maximum atomic E-state index is 12.4. The third-order valence-corrected chi connectivity index (χ3v) is 6.75. The zero-order valence-electron chi connectivity index (χ0n) is 15.9. The fraction of sp³-hybridized carbons (Fsp3) is 0.409. The highest BCUT2D eigenvalue weighted by atomic mass is 35.5. The van der Waals surface area contributed by atoms with Gasteiger partial charge >= 0.3 is 0 Å². The quantitative estimate of drug-likeness (QED) is 0.573. The second-order valence-corrected chi connectivity index (χ2v) is 9.00. The largest absolute Gasteiger partial charge is 0.355 e. The van der Waals surface area contributed by atoms with E-state index in [-0.39, 0.29) is 11.8 Å². The van der Waals surface area contributed by atoms with Crippen LogP contribution in [0.4, 0.5) is 0 Å². The van der Waals surface area contributed by atoms with Gasteiger partial charge in [-0.2, -0.15) is 11.8 Å². The Morgan fingerprint density at radius 1 is 1.04 bits per heavy atom. The van der Waals surface area contributed by atoms with Crippen molar-refractivity contribution in [1.29, 1.82) is 0 Å². The van der Waals surface area contributed by atoms with Crippen LogP contribution in [0.1, 0.15) is 24.0 Å². The molecule has 0 radical (unpaired) electrons. The summed E-state index contributed by atoms with van der Waals surface area (Å²) in [5.74, 6) is 1.93. The van der Waals surface area contributed by atoms with E-state index in [1.165, 1.54) is 5.56 Å². The van der Waals surface area contributed by atoms with E-state index in [1.54, 1.807) is 11.8 Å². The molecular formula is C22H26Cl2N2OS. The molecule has 0 atom stereocenters. The number of carbonyl (C=O) groups excluding carboxylic acids is 1. The Morgan fingerprint density at radius 2 is 1.71 bits per heavy atom. The summed E-state index contributed by atoms with van der Waals surface area (Å²) in [5.41, 5.74) is 2.30. The summed E-state index contributed by atoms with van der Waals surface area (Å²) in [5, 5.41) is 4.49. The molecule has 1 amide bonds. The minimum atomic E-state index is 0.134. The van der Waals surface area contributed by atoms with Gasteiger partial charge in [-0.05, 0) is 49.2 Å². The predicted octanol–water partition coefficient (Wildman–Crippen LogP) is 5.26. The Labute approximate surface area is 181 Å². The number of carbonyl (C=O) groups is 1. The number of hydrogen-bond acceptors (Lipinski definition) is 3. The fourth-order valence-corrected chi connectivity index (χ4v) is 5.03. The average Bonchev–Trinajstić information content (AvgIpc) is 2.71. The van der Waals surface area contributed by atoms with Crippen LogP contribution in [0.15, 0.2) is 48.5 Å². The van der Waals surface area contributed by atoms with Crippen molar-refractivity contribution >= 4 is 40.9 Å². The first-order chi connectivity index (χ1) is 13.6. The van der Waals surface area contributed by atoms with Crippen LogP contribution in [-0.2, 0) is 17.1 Å². The molecule has 1 aliphatic heterocycles. The Bertz CT molecular complexity index is 744. The zero-order chi connectivity index (χ0) is 19.8. The first-order valence-electron chi connectivity index (χ1n) is 9.68. The lowest BCUT2D eigenvalue weighted by Crippen LogP contribution is -2.40. The van der Waals surface area contributed by atoms with Crippen LogP contribution >= 0.6 is 35.0 Å². The zero-order valence-corrected chi connectivity index (χ0v) is 18.2. The van der Waals surface area contributed by atoms with Gasteiger partial charge in [0.2, 0.25) is 5.91 Å². The predicted molar refractivity (Wildman–Crippen MR) is 120 cm³/mol. The van der Waals surface area contributed by atoms with Crippen molar-refractivity contribution in [2.75, 3.05) is 25.4 Å². The summed E-state index contributed by atoms with van der Waals surface area (Å²) in [6.07, 6.45) is 1.86. The van der Waals surface area contributed by atoms with Gasteiger partial charge in [-0.15, -0.1) is 0 Å². The molecule has 1 fully saturated rings. The van der Waals surface area contributed by atoms with Gasteiger partial charge in [-0.1, -0.05) is 59.6 Å². The van der Waals surface area contributed by atoms with Crippen LogP contribution in [0.3, 0.4) is 0 Å². The number of halogens is 2. The van der Waals surface area contributed by atoms with E-state index in [2.05, 4.69) is 34.5 Å². The summed E-state index contributed by atoms with van der Waals surface area (Å²) >= 11 is 14.1. The molecule has 1 heterocycles. The molecule has 0 aliphatic carbocycles. The van der Waals surface area contributed by atoms with E-state index in [1.807, 2.05) is 24.3 Å². The van der Waals surface area contributed by atoms with Crippen molar-refractivity contribution in [3.8, 4) is 0 Å². The number of amides is 1. The maximum Gasteiger partial charge on any atom is 0.223 e. The third kappa shape index (κ3) is 6.41. The molecule has 0 saturated carbocycles. The molecule has 28 heavy (non-hydrogen) atoms. The molecule has 3 rings (SSSR count). The van der Waals surface area contributed by atoms with E-state index < -0.39 is 0 Å². The number of hydrogen-bond donors (Lipinski definition) is 1. The molecular weight excluding hydrogens is 411 g/mol. The number of thioether (sulfide) groups is 1. The molecule has 6 heteroatoms. The van der Waals surface area contributed by atoms with Crippen LogP contribution in [0.25, 0.3) is 0 Å². The summed E-state index contributed by atoms with van der Waals surface area (Å²) in [6.45, 7) is 3.60. The number of nitrogens with zero attached hydrogens (tertiary/aromatic N) is 1. The number of nitrogens with one attached hydrogen (secondary N) is 1. The molecule has 150 valence electrons. The molecule has 0 bridgehead atoms. The smallest absolute Gasteiger partial charge is 0.223 e. The number of piperidine rings is 1. The monoisotopic (exact) mass is 436 g/mol. The highest BCUT2D eigenvalue weighted by Crippen LogP contribution is 2.28. The molecule has 0 aromatic heterocycles. The van der Waals surface area contributed by atoms with Gasteiger partial charge in [0, 0.05) is 40.6 Å². The second kappa shape index (κ2) is 11.1. The Kier molecular flexibility index (Phi) is 8.53. The molecule has 2 aromatic rings. The van der Waals surface area contributed by atoms with Crippen LogP contribution in [-0.4, -0.2) is 36.2 Å². The lowest BCUT2D eigenvalue weighted by atomic mass is 9.95. The molecule has 2 aromatic carbocycles. The van der Waals surface area contributed by atoms with Crippen LogP contribution in [0, 0.1) is 5.92 Å². The minimum absolute atomic E-state index is 0.134. The Balaban J connectivity index is 1.31. The van der Waals surface area contributed by atoms with Gasteiger partial charge in [0.1, 0.15) is 0 Å². The summed E-state index contributed by atoms with van der Waals surface area (Å²) in [6, 6.07) is 16.1. The molecule has 3 nitrogen and oxygen atoms in total. The normalized spacial score (nSPS) is 15.5. The van der Waals surface area contributed by atoms with E-state index in [0.717, 1.165) is 49.5 Å². The summed E-state index contributed by atoms with van der Waals surface area (Å²) in [4.78, 5) is 14.9. The van der Waals surface area contributed by atoms with E-state index >= 15 is 0 Å².